The Morgan fingerprint density at radius 1 is 1.07 bits per heavy atom. The molecule has 7 nitrogen and oxygen atoms in total. The topological polar surface area (TPSA) is 76.8 Å². The minimum atomic E-state index is -0.311. The van der Waals surface area contributed by atoms with Gasteiger partial charge in [0, 0.05) is 11.6 Å². The van der Waals surface area contributed by atoms with Crippen LogP contribution >= 0.6 is 0 Å². The first kappa shape index (κ1) is 16.7. The lowest BCUT2D eigenvalue weighted by molar-refractivity contribution is -0.118. The molecular weight excluding hydrogens is 344 g/mol. The summed E-state index contributed by atoms with van der Waals surface area (Å²) in [6.07, 6.45) is 1.55. The van der Waals surface area contributed by atoms with Gasteiger partial charge >= 0.3 is 0 Å². The molecule has 0 bridgehead atoms. The predicted octanol–water partition coefficient (Wildman–Crippen LogP) is 2.30. The Balaban J connectivity index is 1.70. The van der Waals surface area contributed by atoms with E-state index in [0.717, 1.165) is 21.9 Å². The summed E-state index contributed by atoms with van der Waals surface area (Å²) in [5.41, 5.74) is 1.82. The van der Waals surface area contributed by atoms with Crippen molar-refractivity contribution in [2.75, 3.05) is 12.1 Å². The van der Waals surface area contributed by atoms with E-state index in [1.54, 1.807) is 25.5 Å². The van der Waals surface area contributed by atoms with Gasteiger partial charge in [-0.25, -0.2) is 4.98 Å². The first-order valence-corrected chi connectivity index (χ1v) is 8.34. The van der Waals surface area contributed by atoms with E-state index >= 15 is 0 Å². The molecule has 1 aliphatic heterocycles. The summed E-state index contributed by atoms with van der Waals surface area (Å²) >= 11 is 0. The normalized spacial score (nSPS) is 13.2. The van der Waals surface area contributed by atoms with Gasteiger partial charge < -0.3 is 4.74 Å². The average molecular weight is 360 g/mol. The number of hydrazone groups is 1. The Morgan fingerprint density at radius 3 is 2.52 bits per heavy atom. The van der Waals surface area contributed by atoms with Crippen LogP contribution < -0.4 is 15.3 Å². The van der Waals surface area contributed by atoms with Gasteiger partial charge in [0.05, 0.1) is 19.0 Å². The number of amides is 1. The highest BCUT2D eigenvalue weighted by Crippen LogP contribution is 2.23. The molecule has 0 spiro atoms. The number of anilines is 1. The van der Waals surface area contributed by atoms with Crippen LogP contribution in [0.2, 0.25) is 0 Å². The molecule has 0 saturated heterocycles. The Labute approximate surface area is 155 Å². The highest BCUT2D eigenvalue weighted by molar-refractivity contribution is 5.96. The number of aromatic nitrogens is 2. The van der Waals surface area contributed by atoms with E-state index in [1.807, 2.05) is 42.5 Å². The summed E-state index contributed by atoms with van der Waals surface area (Å²) in [7, 11) is 1.59. The van der Waals surface area contributed by atoms with Gasteiger partial charge in [0.2, 0.25) is 5.95 Å². The van der Waals surface area contributed by atoms with Crippen molar-refractivity contribution in [1.82, 2.24) is 9.55 Å². The highest BCUT2D eigenvalue weighted by atomic mass is 16.5. The van der Waals surface area contributed by atoms with Gasteiger partial charge in [-0.2, -0.15) is 10.1 Å². The third kappa shape index (κ3) is 3.22. The summed E-state index contributed by atoms with van der Waals surface area (Å²) in [4.78, 5) is 29.3. The van der Waals surface area contributed by atoms with Crippen molar-refractivity contribution in [1.29, 1.82) is 0 Å². The Morgan fingerprint density at radius 2 is 1.81 bits per heavy atom. The molecule has 2 heterocycles. The molecule has 7 heteroatoms. The zero-order valence-corrected chi connectivity index (χ0v) is 14.6. The zero-order valence-electron chi connectivity index (χ0n) is 14.6. The maximum atomic E-state index is 12.4. The fourth-order valence-corrected chi connectivity index (χ4v) is 2.81. The number of nitrogens with zero attached hydrogens (tertiary/aromatic N) is 4. The molecule has 2 aromatic carbocycles. The van der Waals surface area contributed by atoms with Gasteiger partial charge in [-0.15, -0.1) is 0 Å². The number of rotatable bonds is 4. The number of carbonyl (C=O) groups excluding carboxylic acids is 1. The van der Waals surface area contributed by atoms with E-state index in [2.05, 4.69) is 10.1 Å². The molecule has 0 fully saturated rings. The summed E-state index contributed by atoms with van der Waals surface area (Å²) in [6, 6.07) is 18.0. The van der Waals surface area contributed by atoms with Gasteiger partial charge in [0.25, 0.3) is 11.5 Å². The molecule has 0 aliphatic carbocycles. The minimum Gasteiger partial charge on any atom is -0.497 e. The molecule has 4 rings (SSSR count). The maximum Gasteiger partial charge on any atom is 0.270 e. The smallest absolute Gasteiger partial charge is 0.270 e. The molecule has 134 valence electrons. The number of fused-ring (bicyclic) bond motifs is 1. The predicted molar refractivity (Wildman–Crippen MR) is 102 cm³/mol. The lowest BCUT2D eigenvalue weighted by Gasteiger charge is -2.10. The van der Waals surface area contributed by atoms with Crippen LogP contribution in [-0.4, -0.2) is 28.8 Å². The summed E-state index contributed by atoms with van der Waals surface area (Å²) in [5, 5.41) is 5.41. The number of ether oxygens (including phenoxy) is 1. The largest absolute Gasteiger partial charge is 0.497 e. The second kappa shape index (κ2) is 6.87. The van der Waals surface area contributed by atoms with Crippen molar-refractivity contribution >= 4 is 18.1 Å². The van der Waals surface area contributed by atoms with E-state index in [9.17, 15) is 9.59 Å². The fraction of sp³-hybridized carbons (Fsp3) is 0.100. The number of carbonyl (C=O) groups is 1. The van der Waals surface area contributed by atoms with Gasteiger partial charge in [-0.1, -0.05) is 30.3 Å². The van der Waals surface area contributed by atoms with Gasteiger partial charge in [0.1, 0.15) is 12.3 Å². The van der Waals surface area contributed by atoms with E-state index in [0.29, 0.717) is 5.69 Å². The van der Waals surface area contributed by atoms with Crippen LogP contribution in [0.3, 0.4) is 0 Å². The molecule has 0 unspecified atom stereocenters. The van der Waals surface area contributed by atoms with Crippen LogP contribution in [-0.2, 0) is 11.3 Å². The number of hydrogen-bond donors (Lipinski definition) is 0. The van der Waals surface area contributed by atoms with Crippen molar-refractivity contribution < 1.29 is 9.53 Å². The third-order valence-corrected chi connectivity index (χ3v) is 4.21. The number of hydrogen-bond acceptors (Lipinski definition) is 5. The minimum absolute atomic E-state index is 0.0732. The summed E-state index contributed by atoms with van der Waals surface area (Å²) < 4.78 is 6.44. The fourth-order valence-electron chi connectivity index (χ4n) is 2.81. The van der Waals surface area contributed by atoms with E-state index in [4.69, 9.17) is 4.74 Å². The van der Waals surface area contributed by atoms with Crippen LogP contribution in [0.5, 0.6) is 5.75 Å². The summed E-state index contributed by atoms with van der Waals surface area (Å²) in [5.74, 6) is 0.640. The van der Waals surface area contributed by atoms with Crippen molar-refractivity contribution in [2.45, 2.75) is 6.54 Å². The van der Waals surface area contributed by atoms with E-state index in [1.165, 1.54) is 10.6 Å². The zero-order chi connectivity index (χ0) is 18.8. The lowest BCUT2D eigenvalue weighted by Crippen LogP contribution is -2.21. The van der Waals surface area contributed by atoms with Crippen LogP contribution in [0.15, 0.2) is 70.6 Å². The molecule has 0 atom stereocenters. The molecule has 1 aromatic heterocycles. The second-order valence-electron chi connectivity index (χ2n) is 5.96. The Hall–Kier alpha value is -3.74. The van der Waals surface area contributed by atoms with Crippen LogP contribution in [0.1, 0.15) is 5.56 Å². The molecule has 3 aromatic rings. The highest BCUT2D eigenvalue weighted by Gasteiger charge is 2.30. The standard InChI is InChI=1S/C20H16N4O3/c1-27-16-9-7-14(8-10-16)12-21-24-19(26)13-23-18(25)11-17(22-20(23)24)15-5-3-2-4-6-15/h2-12H,13H2,1H3/b21-12+. The average Bonchev–Trinajstić information content (AvgIpc) is 3.03. The molecule has 0 saturated carbocycles. The Bertz CT molecular complexity index is 1070. The van der Waals surface area contributed by atoms with Crippen molar-refractivity contribution in [3.63, 3.8) is 0 Å². The van der Waals surface area contributed by atoms with Crippen molar-refractivity contribution in [3.05, 3.63) is 76.6 Å². The first-order valence-electron chi connectivity index (χ1n) is 8.34. The van der Waals surface area contributed by atoms with Crippen LogP contribution in [0.4, 0.5) is 5.95 Å². The Kier molecular flexibility index (Phi) is 4.25. The quantitative estimate of drug-likeness (QED) is 0.669. The molecule has 1 aliphatic rings. The molecule has 27 heavy (non-hydrogen) atoms. The second-order valence-corrected chi connectivity index (χ2v) is 5.96. The van der Waals surface area contributed by atoms with Crippen molar-refractivity contribution in [2.24, 2.45) is 5.10 Å². The summed E-state index contributed by atoms with van der Waals surface area (Å²) in [6.45, 7) is -0.0732. The first-order chi connectivity index (χ1) is 13.2. The van der Waals surface area contributed by atoms with Gasteiger partial charge in [0.15, 0.2) is 0 Å². The molecule has 0 radical (unpaired) electrons. The molecule has 1 amide bonds. The van der Waals surface area contributed by atoms with Gasteiger partial charge in [-0.05, 0) is 29.8 Å². The number of methoxy groups -OCH3 is 1. The SMILES string of the molecule is COc1ccc(/C=N/N2C(=O)Cn3c2nc(-c2ccccc2)cc3=O)cc1. The van der Waals surface area contributed by atoms with Crippen LogP contribution in [0.25, 0.3) is 11.3 Å². The van der Waals surface area contributed by atoms with E-state index in [-0.39, 0.29) is 24.0 Å². The van der Waals surface area contributed by atoms with E-state index < -0.39 is 0 Å². The van der Waals surface area contributed by atoms with Crippen molar-refractivity contribution in [3.8, 4) is 17.0 Å². The third-order valence-electron chi connectivity index (χ3n) is 4.21. The van der Waals surface area contributed by atoms with Crippen LogP contribution in [0, 0.1) is 0 Å². The monoisotopic (exact) mass is 360 g/mol. The van der Waals surface area contributed by atoms with Gasteiger partial charge in [-0.3, -0.25) is 14.2 Å². The number of benzene rings is 2. The molecule has 0 N–H and O–H groups in total. The molecular formula is C20H16N4O3. The lowest BCUT2D eigenvalue weighted by atomic mass is 10.1. The maximum absolute atomic E-state index is 12.4.